The van der Waals surface area contributed by atoms with Gasteiger partial charge in [-0.3, -0.25) is 0 Å². The van der Waals surface area contributed by atoms with Gasteiger partial charge in [-0.05, 0) is 29.7 Å². The number of halogens is 1. The van der Waals surface area contributed by atoms with Gasteiger partial charge in [0.05, 0.1) is 7.11 Å². The van der Waals surface area contributed by atoms with Crippen LogP contribution in [-0.4, -0.2) is 7.11 Å². The smallest absolute Gasteiger partial charge is 0.127 e. The fourth-order valence-electron chi connectivity index (χ4n) is 2.11. The van der Waals surface area contributed by atoms with Crippen molar-refractivity contribution in [1.82, 2.24) is 0 Å². The molecule has 1 aliphatic rings. The van der Waals surface area contributed by atoms with Gasteiger partial charge in [-0.1, -0.05) is 32.1 Å². The molecule has 1 aromatic carbocycles. The van der Waals surface area contributed by atoms with Gasteiger partial charge in [0.25, 0.3) is 0 Å². The standard InChI is InChI=1S/C15H17FO/c1-15(2)6-4-5-11(10-15)12-7-13(16)9-14(8-12)17-3/h4,6-10H,5H2,1-3H3. The molecule has 17 heavy (non-hydrogen) atoms. The Hall–Kier alpha value is -1.57. The van der Waals surface area contributed by atoms with Crippen molar-refractivity contribution in [3.63, 3.8) is 0 Å². The fourth-order valence-corrected chi connectivity index (χ4v) is 2.11. The van der Waals surface area contributed by atoms with E-state index in [9.17, 15) is 4.39 Å². The lowest BCUT2D eigenvalue weighted by molar-refractivity contribution is 0.411. The van der Waals surface area contributed by atoms with Crippen LogP contribution in [0, 0.1) is 11.2 Å². The first kappa shape index (κ1) is 11.9. The maximum atomic E-state index is 13.4. The molecule has 0 unspecified atom stereocenters. The average molecular weight is 232 g/mol. The molecule has 0 aliphatic heterocycles. The summed E-state index contributed by atoms with van der Waals surface area (Å²) in [6.45, 7) is 4.28. The molecule has 0 spiro atoms. The highest BCUT2D eigenvalue weighted by Crippen LogP contribution is 2.33. The highest BCUT2D eigenvalue weighted by Gasteiger charge is 2.17. The molecule has 90 valence electrons. The summed E-state index contributed by atoms with van der Waals surface area (Å²) in [5.74, 6) is 0.306. The molecular weight excluding hydrogens is 215 g/mol. The summed E-state index contributed by atoms with van der Waals surface area (Å²) in [5.41, 5.74) is 2.09. The van der Waals surface area contributed by atoms with Crippen LogP contribution in [0.15, 0.2) is 36.4 Å². The second-order valence-corrected chi connectivity index (χ2v) is 4.98. The second-order valence-electron chi connectivity index (χ2n) is 4.98. The third kappa shape index (κ3) is 2.76. The minimum absolute atomic E-state index is 0.0349. The maximum absolute atomic E-state index is 13.4. The molecule has 0 saturated carbocycles. The molecular formula is C15H17FO. The molecule has 0 amide bonds. The summed E-state index contributed by atoms with van der Waals surface area (Å²) in [6.07, 6.45) is 7.33. The zero-order valence-electron chi connectivity index (χ0n) is 10.5. The summed E-state index contributed by atoms with van der Waals surface area (Å²) in [6, 6.07) is 4.83. The van der Waals surface area contributed by atoms with Crippen LogP contribution in [0.1, 0.15) is 25.8 Å². The summed E-state index contributed by atoms with van der Waals surface area (Å²) >= 11 is 0. The molecule has 2 rings (SSSR count). The number of benzene rings is 1. The van der Waals surface area contributed by atoms with E-state index >= 15 is 0 Å². The molecule has 0 heterocycles. The van der Waals surface area contributed by atoms with E-state index in [-0.39, 0.29) is 11.2 Å². The van der Waals surface area contributed by atoms with Crippen molar-refractivity contribution >= 4 is 5.57 Å². The van der Waals surface area contributed by atoms with E-state index in [0.717, 1.165) is 17.6 Å². The van der Waals surface area contributed by atoms with Crippen LogP contribution in [0.4, 0.5) is 4.39 Å². The third-order valence-corrected chi connectivity index (χ3v) is 2.91. The number of methoxy groups -OCH3 is 1. The zero-order valence-corrected chi connectivity index (χ0v) is 10.5. The Morgan fingerprint density at radius 3 is 2.65 bits per heavy atom. The van der Waals surface area contributed by atoms with E-state index in [4.69, 9.17) is 4.74 Å². The Labute approximate surface area is 102 Å². The minimum Gasteiger partial charge on any atom is -0.497 e. The van der Waals surface area contributed by atoms with Crippen molar-refractivity contribution in [2.75, 3.05) is 7.11 Å². The number of allylic oxidation sites excluding steroid dienone is 4. The van der Waals surface area contributed by atoms with Crippen molar-refractivity contribution < 1.29 is 9.13 Å². The van der Waals surface area contributed by atoms with E-state index in [1.165, 1.54) is 6.07 Å². The topological polar surface area (TPSA) is 9.23 Å². The SMILES string of the molecule is COc1cc(F)cc(C2=CC(C)(C)C=CC2)c1. The van der Waals surface area contributed by atoms with Crippen molar-refractivity contribution in [2.45, 2.75) is 20.3 Å². The van der Waals surface area contributed by atoms with E-state index in [0.29, 0.717) is 5.75 Å². The number of rotatable bonds is 2. The van der Waals surface area contributed by atoms with Gasteiger partial charge in [-0.15, -0.1) is 0 Å². The Morgan fingerprint density at radius 1 is 1.24 bits per heavy atom. The van der Waals surface area contributed by atoms with Gasteiger partial charge in [0.2, 0.25) is 0 Å². The van der Waals surface area contributed by atoms with E-state index in [1.54, 1.807) is 13.2 Å². The van der Waals surface area contributed by atoms with Gasteiger partial charge >= 0.3 is 0 Å². The Bertz CT molecular complexity index is 484. The van der Waals surface area contributed by atoms with Crippen molar-refractivity contribution in [3.8, 4) is 5.75 Å². The predicted octanol–water partition coefficient (Wildman–Crippen LogP) is 4.20. The van der Waals surface area contributed by atoms with E-state index in [2.05, 4.69) is 32.1 Å². The van der Waals surface area contributed by atoms with Crippen molar-refractivity contribution in [1.29, 1.82) is 0 Å². The maximum Gasteiger partial charge on any atom is 0.127 e. The molecule has 0 saturated heterocycles. The Morgan fingerprint density at radius 2 is 2.00 bits per heavy atom. The van der Waals surface area contributed by atoms with Gasteiger partial charge in [-0.2, -0.15) is 0 Å². The summed E-state index contributed by atoms with van der Waals surface area (Å²) in [5, 5.41) is 0. The number of hydrogen-bond donors (Lipinski definition) is 0. The lowest BCUT2D eigenvalue weighted by atomic mass is 9.83. The molecule has 1 aromatic rings. The van der Waals surface area contributed by atoms with Crippen molar-refractivity contribution in [3.05, 3.63) is 47.8 Å². The largest absolute Gasteiger partial charge is 0.497 e. The summed E-state index contributed by atoms with van der Waals surface area (Å²) < 4.78 is 18.5. The normalized spacial score (nSPS) is 17.8. The summed E-state index contributed by atoms with van der Waals surface area (Å²) in [7, 11) is 1.55. The first-order chi connectivity index (χ1) is 8.00. The monoisotopic (exact) mass is 232 g/mol. The van der Waals surface area contributed by atoms with Gasteiger partial charge in [0.1, 0.15) is 11.6 Å². The highest BCUT2D eigenvalue weighted by atomic mass is 19.1. The quantitative estimate of drug-likeness (QED) is 0.694. The predicted molar refractivity (Wildman–Crippen MR) is 68.5 cm³/mol. The lowest BCUT2D eigenvalue weighted by Gasteiger charge is -2.22. The van der Waals surface area contributed by atoms with Gasteiger partial charge in [0, 0.05) is 11.5 Å². The van der Waals surface area contributed by atoms with Crippen LogP contribution >= 0.6 is 0 Å². The average Bonchev–Trinajstić information content (AvgIpc) is 2.27. The first-order valence-corrected chi connectivity index (χ1v) is 5.74. The van der Waals surface area contributed by atoms with Crippen LogP contribution in [0.25, 0.3) is 5.57 Å². The molecule has 1 aliphatic carbocycles. The molecule has 0 radical (unpaired) electrons. The third-order valence-electron chi connectivity index (χ3n) is 2.91. The lowest BCUT2D eigenvalue weighted by Crippen LogP contribution is -2.07. The van der Waals surface area contributed by atoms with E-state index < -0.39 is 0 Å². The van der Waals surface area contributed by atoms with Gasteiger partial charge in [-0.25, -0.2) is 4.39 Å². The van der Waals surface area contributed by atoms with Crippen LogP contribution in [0.2, 0.25) is 0 Å². The molecule has 0 aromatic heterocycles. The fraction of sp³-hybridized carbons (Fsp3) is 0.333. The molecule has 2 heteroatoms. The van der Waals surface area contributed by atoms with E-state index in [1.807, 2.05) is 6.07 Å². The first-order valence-electron chi connectivity index (χ1n) is 5.74. The minimum atomic E-state index is -0.257. The van der Waals surface area contributed by atoms with Crippen LogP contribution < -0.4 is 4.74 Å². The molecule has 0 atom stereocenters. The number of hydrogen-bond acceptors (Lipinski definition) is 1. The molecule has 1 nitrogen and oxygen atoms in total. The van der Waals surface area contributed by atoms with Gasteiger partial charge < -0.3 is 4.74 Å². The zero-order chi connectivity index (χ0) is 12.5. The number of ether oxygens (including phenoxy) is 1. The van der Waals surface area contributed by atoms with Crippen molar-refractivity contribution in [2.24, 2.45) is 5.41 Å². The highest BCUT2D eigenvalue weighted by molar-refractivity contribution is 5.70. The second kappa shape index (κ2) is 4.36. The molecule has 0 bridgehead atoms. The van der Waals surface area contributed by atoms with Crippen LogP contribution in [0.3, 0.4) is 0 Å². The summed E-state index contributed by atoms with van der Waals surface area (Å²) in [4.78, 5) is 0. The van der Waals surface area contributed by atoms with Crippen LogP contribution in [-0.2, 0) is 0 Å². The van der Waals surface area contributed by atoms with Gasteiger partial charge in [0.15, 0.2) is 0 Å². The van der Waals surface area contributed by atoms with Crippen LogP contribution in [0.5, 0.6) is 5.75 Å². The molecule has 0 N–H and O–H groups in total. The Kier molecular flexibility index (Phi) is 3.05. The Balaban J connectivity index is 2.41. The molecule has 0 fully saturated rings.